The number of aryl methyl sites for hydroxylation is 1. The fourth-order valence-corrected chi connectivity index (χ4v) is 2.79. The van der Waals surface area contributed by atoms with Gasteiger partial charge in [-0.25, -0.2) is 4.98 Å². The van der Waals surface area contributed by atoms with E-state index in [9.17, 15) is 4.79 Å². The van der Waals surface area contributed by atoms with E-state index in [4.69, 9.17) is 11.6 Å². The summed E-state index contributed by atoms with van der Waals surface area (Å²) in [6.45, 7) is 4.84. The molecule has 18 heavy (non-hydrogen) atoms. The molecule has 3 nitrogen and oxygen atoms in total. The molecule has 1 fully saturated rings. The van der Waals surface area contributed by atoms with Crippen LogP contribution in [0.25, 0.3) is 0 Å². The number of carbonyl (C=O) groups excluding carboxylic acids is 1. The molecule has 0 aliphatic carbocycles. The maximum absolute atomic E-state index is 12.5. The van der Waals surface area contributed by atoms with Gasteiger partial charge in [0.2, 0.25) is 0 Å². The van der Waals surface area contributed by atoms with Crippen molar-refractivity contribution in [3.05, 3.63) is 28.5 Å². The number of aromatic nitrogens is 1. The van der Waals surface area contributed by atoms with E-state index in [2.05, 4.69) is 11.9 Å². The molecule has 1 aromatic rings. The van der Waals surface area contributed by atoms with Gasteiger partial charge < -0.3 is 4.90 Å². The smallest absolute Gasteiger partial charge is 0.255 e. The number of hydrogen-bond acceptors (Lipinski definition) is 2. The molecular weight excluding hydrogens is 248 g/mol. The molecule has 1 amide bonds. The van der Waals surface area contributed by atoms with Gasteiger partial charge in [0.05, 0.1) is 11.3 Å². The molecule has 0 radical (unpaired) electrons. The molecule has 1 unspecified atom stereocenters. The Bertz CT molecular complexity index is 447. The Kier molecular flexibility index (Phi) is 4.23. The second kappa shape index (κ2) is 5.70. The van der Waals surface area contributed by atoms with Gasteiger partial charge in [-0.15, -0.1) is 0 Å². The summed E-state index contributed by atoms with van der Waals surface area (Å²) in [5.74, 6) is 0.100. The van der Waals surface area contributed by atoms with Crippen molar-refractivity contribution in [2.45, 2.75) is 45.6 Å². The molecule has 0 saturated carbocycles. The van der Waals surface area contributed by atoms with Crippen LogP contribution in [0.1, 0.15) is 48.7 Å². The van der Waals surface area contributed by atoms with Crippen molar-refractivity contribution in [2.24, 2.45) is 0 Å². The van der Waals surface area contributed by atoms with Crippen molar-refractivity contribution >= 4 is 17.5 Å². The fourth-order valence-electron chi connectivity index (χ4n) is 2.60. The molecular formula is C14H19ClN2O. The third kappa shape index (κ3) is 2.66. The maximum Gasteiger partial charge on any atom is 0.255 e. The van der Waals surface area contributed by atoms with Crippen LogP contribution in [0, 0.1) is 6.92 Å². The predicted molar refractivity (Wildman–Crippen MR) is 73.0 cm³/mol. The van der Waals surface area contributed by atoms with Crippen LogP contribution in [0.15, 0.2) is 12.1 Å². The summed E-state index contributed by atoms with van der Waals surface area (Å²) in [5.41, 5.74) is 1.40. The monoisotopic (exact) mass is 266 g/mol. The minimum Gasteiger partial charge on any atom is -0.336 e. The highest BCUT2D eigenvalue weighted by Crippen LogP contribution is 2.23. The highest BCUT2D eigenvalue weighted by molar-refractivity contribution is 6.29. The molecule has 0 N–H and O–H groups in total. The Morgan fingerprint density at radius 1 is 1.50 bits per heavy atom. The van der Waals surface area contributed by atoms with E-state index in [0.717, 1.165) is 25.8 Å². The Hall–Kier alpha value is -1.09. The lowest BCUT2D eigenvalue weighted by molar-refractivity contribution is 0.0607. The third-order valence-corrected chi connectivity index (χ3v) is 3.85. The number of pyridine rings is 1. The van der Waals surface area contributed by atoms with E-state index in [1.54, 1.807) is 12.1 Å². The van der Waals surface area contributed by atoms with Gasteiger partial charge in [0.15, 0.2) is 0 Å². The zero-order chi connectivity index (χ0) is 13.1. The minimum absolute atomic E-state index is 0.100. The van der Waals surface area contributed by atoms with Gasteiger partial charge in [0.1, 0.15) is 5.15 Å². The first kappa shape index (κ1) is 13.3. The molecule has 1 aliphatic heterocycles. The molecule has 2 rings (SSSR count). The summed E-state index contributed by atoms with van der Waals surface area (Å²) in [6.07, 6.45) is 4.45. The SMILES string of the molecule is CCC1CCCCN1C(=O)c1ccc(Cl)nc1C. The highest BCUT2D eigenvalue weighted by atomic mass is 35.5. The van der Waals surface area contributed by atoms with Crippen molar-refractivity contribution in [2.75, 3.05) is 6.54 Å². The second-order valence-electron chi connectivity index (χ2n) is 4.82. The van der Waals surface area contributed by atoms with E-state index >= 15 is 0 Å². The first-order valence-corrected chi connectivity index (χ1v) is 6.95. The number of nitrogens with zero attached hydrogens (tertiary/aromatic N) is 2. The van der Waals surface area contributed by atoms with Crippen molar-refractivity contribution in [1.82, 2.24) is 9.88 Å². The largest absolute Gasteiger partial charge is 0.336 e. The molecule has 0 spiro atoms. The maximum atomic E-state index is 12.5. The van der Waals surface area contributed by atoms with Crippen LogP contribution in [0.4, 0.5) is 0 Å². The Morgan fingerprint density at radius 2 is 2.28 bits per heavy atom. The van der Waals surface area contributed by atoms with Gasteiger partial charge in [0, 0.05) is 12.6 Å². The summed E-state index contributed by atoms with van der Waals surface area (Å²) < 4.78 is 0. The van der Waals surface area contributed by atoms with Crippen molar-refractivity contribution in [3.8, 4) is 0 Å². The third-order valence-electron chi connectivity index (χ3n) is 3.64. The van der Waals surface area contributed by atoms with Crippen LogP contribution >= 0.6 is 11.6 Å². The molecule has 4 heteroatoms. The molecule has 1 atom stereocenters. The summed E-state index contributed by atoms with van der Waals surface area (Å²) in [5, 5.41) is 0.440. The van der Waals surface area contributed by atoms with Crippen molar-refractivity contribution < 1.29 is 4.79 Å². The zero-order valence-electron chi connectivity index (χ0n) is 10.9. The summed E-state index contributed by atoms with van der Waals surface area (Å²) in [4.78, 5) is 18.7. The second-order valence-corrected chi connectivity index (χ2v) is 5.21. The van der Waals surface area contributed by atoms with Gasteiger partial charge in [-0.2, -0.15) is 0 Å². The lowest BCUT2D eigenvalue weighted by atomic mass is 9.98. The van der Waals surface area contributed by atoms with Gasteiger partial charge in [-0.3, -0.25) is 4.79 Å². The average Bonchev–Trinajstić information content (AvgIpc) is 2.38. The highest BCUT2D eigenvalue weighted by Gasteiger charge is 2.27. The Morgan fingerprint density at radius 3 is 2.94 bits per heavy atom. The topological polar surface area (TPSA) is 33.2 Å². The molecule has 1 aromatic heterocycles. The van der Waals surface area contributed by atoms with E-state index in [0.29, 0.717) is 22.5 Å². The quantitative estimate of drug-likeness (QED) is 0.768. The number of likely N-dealkylation sites (tertiary alicyclic amines) is 1. The molecule has 2 heterocycles. The van der Waals surface area contributed by atoms with Crippen LogP contribution in [-0.2, 0) is 0 Å². The van der Waals surface area contributed by atoms with Gasteiger partial charge in [-0.05, 0) is 44.7 Å². The normalized spacial score (nSPS) is 19.9. The summed E-state index contributed by atoms with van der Waals surface area (Å²) in [7, 11) is 0. The standard InChI is InChI=1S/C14H19ClN2O/c1-3-11-6-4-5-9-17(11)14(18)12-7-8-13(15)16-10(12)2/h7-8,11H,3-6,9H2,1-2H3. The van der Waals surface area contributed by atoms with Gasteiger partial charge in [0.25, 0.3) is 5.91 Å². The van der Waals surface area contributed by atoms with Gasteiger partial charge >= 0.3 is 0 Å². The molecule has 1 aliphatic rings. The number of rotatable bonds is 2. The van der Waals surface area contributed by atoms with Crippen LogP contribution in [0.2, 0.25) is 5.15 Å². The summed E-state index contributed by atoms with van der Waals surface area (Å²) >= 11 is 5.83. The number of amides is 1. The van der Waals surface area contributed by atoms with Crippen LogP contribution < -0.4 is 0 Å². The van der Waals surface area contributed by atoms with E-state index in [-0.39, 0.29) is 5.91 Å². The zero-order valence-corrected chi connectivity index (χ0v) is 11.7. The predicted octanol–water partition coefficient (Wildman–Crippen LogP) is 3.45. The van der Waals surface area contributed by atoms with Crippen LogP contribution in [-0.4, -0.2) is 28.4 Å². The Balaban J connectivity index is 2.24. The first-order chi connectivity index (χ1) is 8.63. The van der Waals surface area contributed by atoms with Crippen LogP contribution in [0.3, 0.4) is 0 Å². The number of carbonyl (C=O) groups is 1. The molecule has 1 saturated heterocycles. The lowest BCUT2D eigenvalue weighted by Gasteiger charge is -2.35. The molecule has 0 aromatic carbocycles. The van der Waals surface area contributed by atoms with E-state index in [1.165, 1.54) is 6.42 Å². The number of halogens is 1. The molecule has 98 valence electrons. The Labute approximate surface area is 113 Å². The fraction of sp³-hybridized carbons (Fsp3) is 0.571. The average molecular weight is 267 g/mol. The number of hydrogen-bond donors (Lipinski definition) is 0. The van der Waals surface area contributed by atoms with E-state index in [1.807, 2.05) is 11.8 Å². The molecule has 0 bridgehead atoms. The summed E-state index contributed by atoms with van der Waals surface area (Å²) in [6, 6.07) is 3.85. The van der Waals surface area contributed by atoms with Crippen LogP contribution in [0.5, 0.6) is 0 Å². The first-order valence-electron chi connectivity index (χ1n) is 6.57. The lowest BCUT2D eigenvalue weighted by Crippen LogP contribution is -2.43. The van der Waals surface area contributed by atoms with Crippen molar-refractivity contribution in [3.63, 3.8) is 0 Å². The number of piperidine rings is 1. The van der Waals surface area contributed by atoms with Gasteiger partial charge in [-0.1, -0.05) is 18.5 Å². The van der Waals surface area contributed by atoms with E-state index < -0.39 is 0 Å². The minimum atomic E-state index is 0.100. The van der Waals surface area contributed by atoms with Crippen molar-refractivity contribution in [1.29, 1.82) is 0 Å².